The zero-order valence-electron chi connectivity index (χ0n) is 11.3. The maximum absolute atomic E-state index is 12.9. The minimum Gasteiger partial charge on any atom is -0.409 e. The van der Waals surface area contributed by atoms with Crippen LogP contribution in [0.2, 0.25) is 0 Å². The summed E-state index contributed by atoms with van der Waals surface area (Å²) < 4.78 is 76.3. The number of amidine groups is 1. The summed E-state index contributed by atoms with van der Waals surface area (Å²) in [6, 6.07) is 2.11. The molecular weight excluding hydrogens is 330 g/mol. The topological polar surface area (TPSA) is 66.2 Å². The van der Waals surface area contributed by atoms with Gasteiger partial charge in [0.05, 0.1) is 18.7 Å². The van der Waals surface area contributed by atoms with Gasteiger partial charge in [0, 0.05) is 5.69 Å². The maximum Gasteiger partial charge on any atom is 0.407 e. The van der Waals surface area contributed by atoms with Crippen molar-refractivity contribution in [3.05, 3.63) is 35.2 Å². The highest BCUT2D eigenvalue weighted by Crippen LogP contribution is 2.39. The van der Waals surface area contributed by atoms with Gasteiger partial charge in [-0.05, 0) is 12.1 Å². The first-order valence-electron chi connectivity index (χ1n) is 5.84. The third kappa shape index (κ3) is 5.24. The Morgan fingerprint density at radius 2 is 1.87 bits per heavy atom. The molecule has 0 aliphatic heterocycles. The van der Waals surface area contributed by atoms with Crippen molar-refractivity contribution in [3.63, 3.8) is 0 Å². The molecule has 0 unspecified atom stereocenters. The molecule has 0 fully saturated rings. The average molecular weight is 340 g/mol. The molecule has 11 heteroatoms. The molecule has 0 atom stereocenters. The van der Waals surface area contributed by atoms with Crippen LogP contribution in [-0.2, 0) is 6.18 Å². The van der Waals surface area contributed by atoms with E-state index in [1.165, 1.54) is 0 Å². The fourth-order valence-electron chi connectivity index (χ4n) is 1.73. The first-order chi connectivity index (χ1) is 10.5. The molecule has 0 aromatic heterocycles. The largest absolute Gasteiger partial charge is 0.409 e. The van der Waals surface area contributed by atoms with Crippen molar-refractivity contribution < 1.29 is 31.5 Å². The lowest BCUT2D eigenvalue weighted by Gasteiger charge is -2.26. The van der Waals surface area contributed by atoms with Crippen molar-refractivity contribution in [2.75, 3.05) is 18.0 Å². The Kier molecular flexibility index (Phi) is 5.31. The van der Waals surface area contributed by atoms with Gasteiger partial charge in [-0.2, -0.15) is 26.3 Å². The smallest absolute Gasteiger partial charge is 0.407 e. The van der Waals surface area contributed by atoms with E-state index < -0.39 is 48.2 Å². The minimum absolute atomic E-state index is 0.420. The zero-order chi connectivity index (χ0) is 17.8. The SMILES string of the molecule is [C-]#[N+]c1ccc(N(CC(N)=NO)CC(F)(F)F)cc1C(F)(F)F. The van der Waals surface area contributed by atoms with Crippen molar-refractivity contribution in [3.8, 4) is 0 Å². The van der Waals surface area contributed by atoms with E-state index in [0.29, 0.717) is 11.0 Å². The third-order valence-electron chi connectivity index (χ3n) is 2.62. The molecule has 0 aliphatic rings. The Morgan fingerprint density at radius 1 is 1.26 bits per heavy atom. The van der Waals surface area contributed by atoms with Crippen LogP contribution in [0.3, 0.4) is 0 Å². The van der Waals surface area contributed by atoms with Gasteiger partial charge in [-0.15, -0.1) is 0 Å². The molecule has 0 bridgehead atoms. The Bertz CT molecular complexity index is 632. The molecule has 1 aromatic carbocycles. The van der Waals surface area contributed by atoms with E-state index >= 15 is 0 Å². The van der Waals surface area contributed by atoms with Crippen LogP contribution < -0.4 is 10.6 Å². The highest BCUT2D eigenvalue weighted by atomic mass is 19.4. The predicted molar refractivity (Wildman–Crippen MR) is 69.4 cm³/mol. The molecule has 0 aliphatic carbocycles. The van der Waals surface area contributed by atoms with E-state index in [2.05, 4.69) is 10.0 Å². The molecular formula is C12H10F6N4O. The molecule has 126 valence electrons. The van der Waals surface area contributed by atoms with Crippen LogP contribution in [0.1, 0.15) is 5.56 Å². The molecule has 1 rings (SSSR count). The second-order valence-corrected chi connectivity index (χ2v) is 4.37. The number of anilines is 1. The van der Waals surface area contributed by atoms with E-state index in [1.54, 1.807) is 0 Å². The first kappa shape index (κ1) is 18.4. The third-order valence-corrected chi connectivity index (χ3v) is 2.62. The monoisotopic (exact) mass is 340 g/mol. The molecule has 0 spiro atoms. The molecule has 0 saturated heterocycles. The molecule has 0 radical (unpaired) electrons. The first-order valence-corrected chi connectivity index (χ1v) is 5.84. The second kappa shape index (κ2) is 6.64. The molecule has 23 heavy (non-hydrogen) atoms. The van der Waals surface area contributed by atoms with Crippen LogP contribution in [-0.4, -0.2) is 30.3 Å². The average Bonchev–Trinajstić information content (AvgIpc) is 2.43. The van der Waals surface area contributed by atoms with Crippen LogP contribution in [0, 0.1) is 6.57 Å². The van der Waals surface area contributed by atoms with Gasteiger partial charge in [-0.3, -0.25) is 0 Å². The van der Waals surface area contributed by atoms with Crippen LogP contribution in [0.4, 0.5) is 37.7 Å². The highest BCUT2D eigenvalue weighted by Gasteiger charge is 2.36. The molecule has 0 heterocycles. The van der Waals surface area contributed by atoms with Crippen LogP contribution >= 0.6 is 0 Å². The lowest BCUT2D eigenvalue weighted by molar-refractivity contribution is -0.136. The molecule has 1 aromatic rings. The van der Waals surface area contributed by atoms with Gasteiger partial charge in [0.15, 0.2) is 11.5 Å². The van der Waals surface area contributed by atoms with Crippen molar-refractivity contribution in [2.24, 2.45) is 10.9 Å². The van der Waals surface area contributed by atoms with E-state index in [0.717, 1.165) is 12.1 Å². The van der Waals surface area contributed by atoms with Gasteiger partial charge < -0.3 is 15.8 Å². The van der Waals surface area contributed by atoms with E-state index in [1.807, 2.05) is 0 Å². The summed E-state index contributed by atoms with van der Waals surface area (Å²) in [5.74, 6) is -0.614. The quantitative estimate of drug-likeness (QED) is 0.221. The number of nitrogens with two attached hydrogens (primary N) is 1. The number of rotatable bonds is 4. The predicted octanol–water partition coefficient (Wildman–Crippen LogP) is 3.37. The van der Waals surface area contributed by atoms with Gasteiger partial charge in [-0.1, -0.05) is 11.2 Å². The number of oxime groups is 1. The summed E-state index contributed by atoms with van der Waals surface area (Å²) >= 11 is 0. The van der Waals surface area contributed by atoms with Gasteiger partial charge >= 0.3 is 12.4 Å². The van der Waals surface area contributed by atoms with E-state index in [4.69, 9.17) is 17.5 Å². The number of benzene rings is 1. The Morgan fingerprint density at radius 3 is 2.30 bits per heavy atom. The molecule has 3 N–H and O–H groups in total. The summed E-state index contributed by atoms with van der Waals surface area (Å²) in [7, 11) is 0. The zero-order valence-corrected chi connectivity index (χ0v) is 11.3. The van der Waals surface area contributed by atoms with Crippen LogP contribution in [0.15, 0.2) is 23.4 Å². The molecule has 0 amide bonds. The number of nitrogens with zero attached hydrogens (tertiary/aromatic N) is 3. The fourth-order valence-corrected chi connectivity index (χ4v) is 1.73. The normalized spacial score (nSPS) is 12.8. The van der Waals surface area contributed by atoms with Crippen molar-refractivity contribution >= 4 is 17.2 Å². The number of hydrogen-bond acceptors (Lipinski definition) is 3. The van der Waals surface area contributed by atoms with Gasteiger partial charge in [-0.25, -0.2) is 4.85 Å². The van der Waals surface area contributed by atoms with Crippen molar-refractivity contribution in [2.45, 2.75) is 12.4 Å². The fraction of sp³-hybridized carbons (Fsp3) is 0.333. The van der Waals surface area contributed by atoms with E-state index in [-0.39, 0.29) is 0 Å². The summed E-state index contributed by atoms with van der Waals surface area (Å²) in [6.07, 6.45) is -9.64. The number of halogens is 6. The summed E-state index contributed by atoms with van der Waals surface area (Å²) in [5.41, 5.74) is 2.56. The Hall–Kier alpha value is -2.64. The minimum atomic E-state index is -4.91. The number of alkyl halides is 6. The molecule has 0 saturated carbocycles. The van der Waals surface area contributed by atoms with E-state index in [9.17, 15) is 26.3 Å². The molecule has 5 nitrogen and oxygen atoms in total. The van der Waals surface area contributed by atoms with Gasteiger partial charge in [0.2, 0.25) is 0 Å². The highest BCUT2D eigenvalue weighted by molar-refractivity contribution is 5.84. The maximum atomic E-state index is 12.9. The van der Waals surface area contributed by atoms with Gasteiger partial charge in [0.1, 0.15) is 6.54 Å². The van der Waals surface area contributed by atoms with Crippen molar-refractivity contribution in [1.82, 2.24) is 0 Å². The second-order valence-electron chi connectivity index (χ2n) is 4.37. The summed E-state index contributed by atoms with van der Waals surface area (Å²) in [6.45, 7) is 4.33. The summed E-state index contributed by atoms with van der Waals surface area (Å²) in [4.78, 5) is 3.15. The standard InChI is InChI=1S/C12H10F6N4O/c1-20-9-3-2-7(4-8(9)12(16,17)18)22(5-10(19)21-23)6-11(13,14)15/h2-4,23H,5-6H2,(H2,19,21). The lowest BCUT2D eigenvalue weighted by Crippen LogP contribution is -2.40. The Labute approximate surface area is 126 Å². The lowest BCUT2D eigenvalue weighted by atomic mass is 10.1. The Balaban J connectivity index is 3.34. The van der Waals surface area contributed by atoms with Crippen molar-refractivity contribution in [1.29, 1.82) is 0 Å². The summed E-state index contributed by atoms with van der Waals surface area (Å²) in [5, 5.41) is 10.9. The number of hydrogen-bond donors (Lipinski definition) is 2. The van der Waals surface area contributed by atoms with Crippen LogP contribution in [0.5, 0.6) is 0 Å². The van der Waals surface area contributed by atoms with Crippen LogP contribution in [0.25, 0.3) is 4.85 Å². The van der Waals surface area contributed by atoms with Gasteiger partial charge in [0.25, 0.3) is 0 Å².